The van der Waals surface area contributed by atoms with Crippen LogP contribution in [0, 0.1) is 0 Å². The average molecular weight is 762 g/mol. The first-order valence-corrected chi connectivity index (χ1v) is 20.9. The van der Waals surface area contributed by atoms with Gasteiger partial charge < -0.3 is 13.7 Å². The number of unbranched alkanes of at least 4 members (excludes halogenated alkanes) is 1. The maximum absolute atomic E-state index is 6.25. The highest BCUT2D eigenvalue weighted by atomic mass is 16.3. The smallest absolute Gasteiger partial charge is 0.136 e. The van der Waals surface area contributed by atoms with E-state index in [2.05, 4.69) is 188 Å². The lowest BCUT2D eigenvalue weighted by molar-refractivity contribution is 0.668. The summed E-state index contributed by atoms with van der Waals surface area (Å²) in [6, 6.07) is 61.5. The second-order valence-electron chi connectivity index (χ2n) is 15.8. The lowest BCUT2D eigenvalue weighted by atomic mass is 9.92. The lowest BCUT2D eigenvalue weighted by Gasteiger charge is -2.33. The molecule has 8 aromatic carbocycles. The first kappa shape index (κ1) is 35.1. The molecule has 0 N–H and O–H groups in total. The fraction of sp³-hybridized carbons (Fsp3) is 0.107. The van der Waals surface area contributed by atoms with Gasteiger partial charge in [-0.3, -0.25) is 0 Å². The average Bonchev–Trinajstić information content (AvgIpc) is 3.88. The molecule has 0 aliphatic heterocycles. The zero-order valence-electron chi connectivity index (χ0n) is 33.1. The molecule has 1 aliphatic rings. The zero-order chi connectivity index (χ0) is 39.3. The standard InChI is InChI=1S/C56H43NO2/c1-2-3-9-37-16-18-38(19-17-37)39-22-29-44(30-23-39)57(46-33-26-41(27-34-46)47-12-8-15-53-55(47)48-10-4-6-13-51(48)58-53)45-31-24-40(25-32-45)43-21-20-42-28-35-54-56(50(42)36-43)49-11-5-7-14-52(49)59-54/h4-8,10-33,35-36,46H,2-3,9,34H2,1H3. The molecule has 0 fully saturated rings. The van der Waals surface area contributed by atoms with Crippen LogP contribution in [0.25, 0.3) is 82.5 Å². The molecule has 3 heteroatoms. The third kappa shape index (κ3) is 6.31. The molecule has 10 aromatic rings. The van der Waals surface area contributed by atoms with Gasteiger partial charge in [0.2, 0.25) is 0 Å². The van der Waals surface area contributed by atoms with Crippen LogP contribution < -0.4 is 4.90 Å². The Kier molecular flexibility index (Phi) is 8.73. The van der Waals surface area contributed by atoms with Crippen molar-refractivity contribution in [2.24, 2.45) is 0 Å². The molecule has 11 rings (SSSR count). The summed E-state index contributed by atoms with van der Waals surface area (Å²) in [7, 11) is 0. The summed E-state index contributed by atoms with van der Waals surface area (Å²) in [4.78, 5) is 2.49. The zero-order valence-corrected chi connectivity index (χ0v) is 33.1. The van der Waals surface area contributed by atoms with Gasteiger partial charge in [0.05, 0.1) is 6.04 Å². The molecule has 2 heterocycles. The van der Waals surface area contributed by atoms with Crippen LogP contribution >= 0.6 is 0 Å². The third-order valence-corrected chi connectivity index (χ3v) is 12.2. The van der Waals surface area contributed by atoms with Crippen molar-refractivity contribution in [2.45, 2.75) is 38.6 Å². The van der Waals surface area contributed by atoms with Gasteiger partial charge in [-0.25, -0.2) is 0 Å². The quantitative estimate of drug-likeness (QED) is 0.147. The Morgan fingerprint density at radius 2 is 1.10 bits per heavy atom. The molecule has 0 radical (unpaired) electrons. The first-order chi connectivity index (χ1) is 29.2. The Morgan fingerprint density at radius 1 is 0.525 bits per heavy atom. The molecule has 284 valence electrons. The molecule has 1 atom stereocenters. The van der Waals surface area contributed by atoms with E-state index in [1.807, 2.05) is 12.1 Å². The summed E-state index contributed by atoms with van der Waals surface area (Å²) in [6.07, 6.45) is 11.5. The van der Waals surface area contributed by atoms with E-state index in [4.69, 9.17) is 8.83 Å². The molecule has 3 nitrogen and oxygen atoms in total. The number of allylic oxidation sites excluding steroid dienone is 2. The highest BCUT2D eigenvalue weighted by Crippen LogP contribution is 2.40. The molecule has 1 aliphatic carbocycles. The van der Waals surface area contributed by atoms with E-state index in [-0.39, 0.29) is 6.04 Å². The molecular weight excluding hydrogens is 719 g/mol. The minimum atomic E-state index is 0.122. The second-order valence-corrected chi connectivity index (χ2v) is 15.8. The number of hydrogen-bond donors (Lipinski definition) is 0. The van der Waals surface area contributed by atoms with Crippen LogP contribution in [-0.4, -0.2) is 6.04 Å². The van der Waals surface area contributed by atoms with E-state index in [1.54, 1.807) is 0 Å². The molecule has 1 unspecified atom stereocenters. The summed E-state index contributed by atoms with van der Waals surface area (Å²) in [5.74, 6) is 0. The summed E-state index contributed by atoms with van der Waals surface area (Å²) >= 11 is 0. The number of para-hydroxylation sites is 2. The molecule has 0 saturated carbocycles. The van der Waals surface area contributed by atoms with Gasteiger partial charge in [-0.15, -0.1) is 0 Å². The van der Waals surface area contributed by atoms with Crippen molar-refractivity contribution < 1.29 is 8.83 Å². The third-order valence-electron chi connectivity index (χ3n) is 12.2. The fourth-order valence-corrected chi connectivity index (χ4v) is 9.14. The molecule has 59 heavy (non-hydrogen) atoms. The molecule has 2 aromatic heterocycles. The Labute approximate surface area is 344 Å². The van der Waals surface area contributed by atoms with Crippen LogP contribution in [0.3, 0.4) is 0 Å². The molecular formula is C56H43NO2. The van der Waals surface area contributed by atoms with Gasteiger partial charge in [0, 0.05) is 32.9 Å². The summed E-state index contributed by atoms with van der Waals surface area (Å²) in [5, 5.41) is 7.07. The number of rotatable bonds is 9. The monoisotopic (exact) mass is 761 g/mol. The Hall–Kier alpha value is -7.10. The molecule has 0 bridgehead atoms. The number of benzene rings is 8. The maximum Gasteiger partial charge on any atom is 0.136 e. The van der Waals surface area contributed by atoms with E-state index < -0.39 is 0 Å². The van der Waals surface area contributed by atoms with E-state index in [9.17, 15) is 0 Å². The minimum Gasteiger partial charge on any atom is -0.456 e. The number of aryl methyl sites for hydroxylation is 1. The molecule has 0 spiro atoms. The Morgan fingerprint density at radius 3 is 1.76 bits per heavy atom. The number of nitrogens with zero attached hydrogens (tertiary/aromatic N) is 1. The van der Waals surface area contributed by atoms with Gasteiger partial charge in [-0.05, 0) is 124 Å². The van der Waals surface area contributed by atoms with Crippen molar-refractivity contribution in [3.63, 3.8) is 0 Å². The van der Waals surface area contributed by atoms with Crippen LogP contribution in [0.2, 0.25) is 0 Å². The van der Waals surface area contributed by atoms with E-state index in [0.717, 1.165) is 57.3 Å². The van der Waals surface area contributed by atoms with Crippen LogP contribution in [0.4, 0.5) is 11.4 Å². The summed E-state index contributed by atoms with van der Waals surface area (Å²) in [6.45, 7) is 2.25. The Bertz CT molecular complexity index is 3210. The first-order valence-electron chi connectivity index (χ1n) is 20.9. The van der Waals surface area contributed by atoms with Crippen molar-refractivity contribution in [1.29, 1.82) is 0 Å². The maximum atomic E-state index is 6.25. The SMILES string of the molecule is CCCCc1ccc(-c2ccc(N(c3ccc(-c4ccc5ccc6oc7ccccc7c6c5c4)cc3)C3C=CC(c4cccc5oc6ccccc6c45)=CC3)cc2)cc1. The van der Waals surface area contributed by atoms with Crippen molar-refractivity contribution >= 4 is 71.6 Å². The predicted octanol–water partition coefficient (Wildman–Crippen LogP) is 15.9. The number of hydrogen-bond acceptors (Lipinski definition) is 3. The van der Waals surface area contributed by atoms with E-state index >= 15 is 0 Å². The van der Waals surface area contributed by atoms with Crippen LogP contribution in [-0.2, 0) is 6.42 Å². The van der Waals surface area contributed by atoms with Crippen molar-refractivity contribution in [2.75, 3.05) is 4.90 Å². The van der Waals surface area contributed by atoms with Gasteiger partial charge in [0.1, 0.15) is 22.3 Å². The lowest BCUT2D eigenvalue weighted by Crippen LogP contribution is -2.30. The highest BCUT2D eigenvalue weighted by Gasteiger charge is 2.23. The highest BCUT2D eigenvalue weighted by molar-refractivity contribution is 6.19. The molecule has 0 saturated heterocycles. The van der Waals surface area contributed by atoms with E-state index in [0.29, 0.717) is 0 Å². The van der Waals surface area contributed by atoms with Gasteiger partial charge in [0.25, 0.3) is 0 Å². The minimum absolute atomic E-state index is 0.122. The largest absolute Gasteiger partial charge is 0.456 e. The number of furan rings is 2. The van der Waals surface area contributed by atoms with Crippen molar-refractivity contribution in [3.05, 3.63) is 199 Å². The van der Waals surface area contributed by atoms with Crippen molar-refractivity contribution in [3.8, 4) is 22.3 Å². The predicted molar refractivity (Wildman–Crippen MR) is 249 cm³/mol. The number of anilines is 2. The van der Waals surface area contributed by atoms with Crippen LogP contribution in [0.5, 0.6) is 0 Å². The number of fused-ring (bicyclic) bond motifs is 8. The van der Waals surface area contributed by atoms with Gasteiger partial charge in [0.15, 0.2) is 0 Å². The Balaban J connectivity index is 0.946. The van der Waals surface area contributed by atoms with E-state index in [1.165, 1.54) is 73.3 Å². The summed E-state index contributed by atoms with van der Waals surface area (Å²) in [5.41, 5.74) is 14.7. The summed E-state index contributed by atoms with van der Waals surface area (Å²) < 4.78 is 12.5. The van der Waals surface area contributed by atoms with Gasteiger partial charge >= 0.3 is 0 Å². The van der Waals surface area contributed by atoms with Crippen LogP contribution in [0.15, 0.2) is 197 Å². The van der Waals surface area contributed by atoms with Crippen LogP contribution in [0.1, 0.15) is 37.3 Å². The second kappa shape index (κ2) is 14.7. The van der Waals surface area contributed by atoms with Crippen molar-refractivity contribution in [1.82, 2.24) is 0 Å². The van der Waals surface area contributed by atoms with Gasteiger partial charge in [-0.1, -0.05) is 147 Å². The van der Waals surface area contributed by atoms with Gasteiger partial charge in [-0.2, -0.15) is 0 Å². The molecule has 0 amide bonds. The normalized spacial score (nSPS) is 14.2. The topological polar surface area (TPSA) is 29.5 Å². The fourth-order valence-electron chi connectivity index (χ4n) is 9.14.